The van der Waals surface area contributed by atoms with Crippen LogP contribution in [0, 0.1) is 12.7 Å². The Morgan fingerprint density at radius 2 is 1.73 bits per heavy atom. The number of amides is 3. The molecule has 1 aliphatic heterocycles. The van der Waals surface area contributed by atoms with Crippen molar-refractivity contribution in [2.45, 2.75) is 32.4 Å². The van der Waals surface area contributed by atoms with Crippen LogP contribution in [-0.2, 0) is 16.6 Å². The summed E-state index contributed by atoms with van der Waals surface area (Å²) in [4.78, 5) is 37.9. The molecule has 1 saturated heterocycles. The third-order valence-electron chi connectivity index (χ3n) is 7.36. The average Bonchev–Trinajstić information content (AvgIpc) is 3.00. The number of ether oxygens (including phenoxy) is 1. The van der Waals surface area contributed by atoms with E-state index in [-0.39, 0.29) is 59.8 Å². The molecule has 5 rings (SSSR count). The molecule has 12 nitrogen and oxygen atoms in total. The van der Waals surface area contributed by atoms with E-state index < -0.39 is 21.7 Å². The van der Waals surface area contributed by atoms with Crippen LogP contribution in [0.1, 0.15) is 34.5 Å². The van der Waals surface area contributed by atoms with Gasteiger partial charge >= 0.3 is 6.03 Å². The van der Waals surface area contributed by atoms with E-state index in [1.807, 2.05) is 19.1 Å². The lowest BCUT2D eigenvalue weighted by Crippen LogP contribution is -2.49. The highest BCUT2D eigenvalue weighted by Gasteiger charge is 2.30. The molecule has 16 heteroatoms. The molecule has 0 atom stereocenters. The predicted octanol–water partition coefficient (Wildman–Crippen LogP) is 5.73. The Bertz CT molecular complexity index is 1830. The molecule has 0 radical (unpaired) electrons. The highest BCUT2D eigenvalue weighted by Crippen LogP contribution is 2.29. The molecule has 3 amide bonds. The molecule has 48 heavy (non-hydrogen) atoms. The minimum Gasteiger partial charge on any atom is -0.438 e. The van der Waals surface area contributed by atoms with Crippen molar-refractivity contribution in [2.75, 3.05) is 34.3 Å². The van der Waals surface area contributed by atoms with Crippen molar-refractivity contribution < 1.29 is 27.1 Å². The third-order valence-corrected chi connectivity index (χ3v) is 7.96. The number of aromatic nitrogens is 2. The standard InChI is InChI=1S/C32H34FN7O5S.2ClH/c1-21-6-8-25(19-35-21)37-32(42)40(27-5-3-4-23(33)16-27)26-12-14-39(15-13-26)20-22-7-11-30(36-18-22)45-29-10-9-24(38-46(2,43)44)17-28(29)31(34)41;;/h3-11,16-19,26,38H,12-15,20H2,1-2H3,(H2,34,41)(H,37,42);2*1H. The van der Waals surface area contributed by atoms with Gasteiger partial charge in [0, 0.05) is 55.0 Å². The fourth-order valence-corrected chi connectivity index (χ4v) is 5.76. The molecule has 1 fully saturated rings. The van der Waals surface area contributed by atoms with Crippen molar-refractivity contribution in [1.82, 2.24) is 14.9 Å². The van der Waals surface area contributed by atoms with E-state index in [1.54, 1.807) is 41.6 Å². The molecule has 0 bridgehead atoms. The van der Waals surface area contributed by atoms with Gasteiger partial charge in [0.25, 0.3) is 5.91 Å². The number of hydrogen-bond donors (Lipinski definition) is 3. The van der Waals surface area contributed by atoms with Gasteiger partial charge in [-0.2, -0.15) is 0 Å². The number of carbonyl (C=O) groups excluding carboxylic acids is 2. The SMILES string of the molecule is Cc1ccc(NC(=O)N(c2cccc(F)c2)C2CCN(Cc3ccc(Oc4ccc(NS(C)(=O)=O)cc4C(N)=O)nc3)CC2)cn1.Cl.Cl. The van der Waals surface area contributed by atoms with Gasteiger partial charge in [-0.15, -0.1) is 24.8 Å². The number of urea groups is 1. The molecular weight excluding hydrogens is 684 g/mol. The fourth-order valence-electron chi connectivity index (χ4n) is 5.21. The second-order valence-corrected chi connectivity index (χ2v) is 12.8. The molecule has 1 aliphatic rings. The quantitative estimate of drug-likeness (QED) is 0.187. The number of sulfonamides is 1. The van der Waals surface area contributed by atoms with Crippen molar-refractivity contribution in [3.63, 3.8) is 0 Å². The topological polar surface area (TPSA) is 160 Å². The number of aryl methyl sites for hydroxylation is 1. The number of nitrogens with zero attached hydrogens (tertiary/aromatic N) is 4. The monoisotopic (exact) mass is 719 g/mol. The van der Waals surface area contributed by atoms with Crippen molar-refractivity contribution >= 4 is 63.8 Å². The summed E-state index contributed by atoms with van der Waals surface area (Å²) < 4.78 is 45.3. The zero-order valence-electron chi connectivity index (χ0n) is 26.1. The Labute approximate surface area is 290 Å². The van der Waals surface area contributed by atoms with Crippen molar-refractivity contribution in [3.8, 4) is 11.6 Å². The lowest BCUT2D eigenvalue weighted by molar-refractivity contribution is 0.0998. The van der Waals surface area contributed by atoms with Gasteiger partial charge in [0.2, 0.25) is 15.9 Å². The van der Waals surface area contributed by atoms with Crippen LogP contribution in [0.3, 0.4) is 0 Å². The maximum Gasteiger partial charge on any atom is 0.326 e. The Hall–Kier alpha value is -4.50. The van der Waals surface area contributed by atoms with Gasteiger partial charge in [-0.1, -0.05) is 12.1 Å². The lowest BCUT2D eigenvalue weighted by Gasteiger charge is -2.38. The highest BCUT2D eigenvalue weighted by atomic mass is 35.5. The van der Waals surface area contributed by atoms with Crippen LogP contribution >= 0.6 is 24.8 Å². The summed E-state index contributed by atoms with van der Waals surface area (Å²) in [6.07, 6.45) is 5.61. The van der Waals surface area contributed by atoms with Gasteiger partial charge in [-0.3, -0.25) is 24.3 Å². The molecule has 4 N–H and O–H groups in total. The molecule has 4 aromatic rings. The molecule has 0 unspecified atom stereocenters. The Morgan fingerprint density at radius 3 is 2.33 bits per heavy atom. The number of pyridine rings is 2. The predicted molar refractivity (Wildman–Crippen MR) is 187 cm³/mol. The smallest absolute Gasteiger partial charge is 0.326 e. The molecule has 3 heterocycles. The lowest BCUT2D eigenvalue weighted by atomic mass is 10.0. The summed E-state index contributed by atoms with van der Waals surface area (Å²) in [6.45, 7) is 3.87. The third kappa shape index (κ3) is 10.2. The van der Waals surface area contributed by atoms with Gasteiger partial charge in [-0.05, 0) is 73.9 Å². The number of primary amides is 1. The zero-order valence-corrected chi connectivity index (χ0v) is 28.6. The number of hydrogen-bond acceptors (Lipinski definition) is 8. The first-order valence-corrected chi connectivity index (χ1v) is 16.4. The first kappa shape index (κ1) is 38.0. The Balaban J connectivity index is 0.00000312. The van der Waals surface area contributed by atoms with Gasteiger partial charge in [0.1, 0.15) is 11.6 Å². The van der Waals surface area contributed by atoms with E-state index in [9.17, 15) is 22.4 Å². The van der Waals surface area contributed by atoms with Gasteiger partial charge in [0.15, 0.2) is 0 Å². The van der Waals surface area contributed by atoms with Gasteiger partial charge < -0.3 is 15.8 Å². The summed E-state index contributed by atoms with van der Waals surface area (Å²) in [5, 5.41) is 2.89. The van der Waals surface area contributed by atoms with Crippen LogP contribution in [-0.4, -0.2) is 60.6 Å². The van der Waals surface area contributed by atoms with E-state index in [1.165, 1.54) is 30.3 Å². The largest absolute Gasteiger partial charge is 0.438 e. The van der Waals surface area contributed by atoms with Crippen molar-refractivity contribution in [1.29, 1.82) is 0 Å². The van der Waals surface area contributed by atoms with Crippen LogP contribution in [0.2, 0.25) is 0 Å². The molecule has 0 spiro atoms. The minimum absolute atomic E-state index is 0. The van der Waals surface area contributed by atoms with Crippen LogP contribution in [0.4, 0.5) is 26.2 Å². The number of likely N-dealkylation sites (tertiary alicyclic amines) is 1. The maximum atomic E-state index is 14.2. The number of piperidine rings is 1. The number of nitrogens with two attached hydrogens (primary N) is 1. The second kappa shape index (κ2) is 16.6. The summed E-state index contributed by atoms with van der Waals surface area (Å²) >= 11 is 0. The Kier molecular flexibility index (Phi) is 13.1. The van der Waals surface area contributed by atoms with Crippen LogP contribution in [0.5, 0.6) is 11.6 Å². The number of halogens is 3. The molecule has 0 saturated carbocycles. The number of benzene rings is 2. The highest BCUT2D eigenvalue weighted by molar-refractivity contribution is 7.92. The minimum atomic E-state index is -3.54. The zero-order chi connectivity index (χ0) is 32.8. The molecule has 256 valence electrons. The maximum absolute atomic E-state index is 14.2. The number of carbonyl (C=O) groups is 2. The summed E-state index contributed by atoms with van der Waals surface area (Å²) in [6, 6.07) is 16.9. The average molecular weight is 721 g/mol. The normalized spacial score (nSPS) is 13.4. The van der Waals surface area contributed by atoms with Gasteiger partial charge in [0.05, 0.1) is 23.7 Å². The van der Waals surface area contributed by atoms with E-state index in [0.717, 1.165) is 17.5 Å². The summed E-state index contributed by atoms with van der Waals surface area (Å²) in [5.41, 5.74) is 8.47. The molecule has 0 aliphatic carbocycles. The number of anilines is 3. The first-order chi connectivity index (χ1) is 21.9. The second-order valence-electron chi connectivity index (χ2n) is 11.0. The fraction of sp³-hybridized carbons (Fsp3) is 0.250. The summed E-state index contributed by atoms with van der Waals surface area (Å²) in [5.74, 6) is -0.835. The molecule has 2 aromatic carbocycles. The number of nitrogens with one attached hydrogen (secondary N) is 2. The van der Waals surface area contributed by atoms with E-state index in [0.29, 0.717) is 43.9 Å². The molecular formula is C32H36Cl2FN7O5S. The number of rotatable bonds is 10. The van der Waals surface area contributed by atoms with Crippen LogP contribution in [0.25, 0.3) is 0 Å². The van der Waals surface area contributed by atoms with Crippen molar-refractivity contribution in [2.24, 2.45) is 5.73 Å². The van der Waals surface area contributed by atoms with Gasteiger partial charge in [-0.25, -0.2) is 22.6 Å². The molecule has 2 aromatic heterocycles. The van der Waals surface area contributed by atoms with Crippen molar-refractivity contribution in [3.05, 3.63) is 102 Å². The first-order valence-electron chi connectivity index (χ1n) is 14.5. The Morgan fingerprint density at radius 1 is 1.00 bits per heavy atom. The van der Waals surface area contributed by atoms with Crippen LogP contribution in [0.15, 0.2) is 79.1 Å². The van der Waals surface area contributed by atoms with E-state index in [4.69, 9.17) is 10.5 Å². The van der Waals surface area contributed by atoms with E-state index >= 15 is 0 Å². The van der Waals surface area contributed by atoms with E-state index in [2.05, 4.69) is 24.9 Å². The summed E-state index contributed by atoms with van der Waals surface area (Å²) in [7, 11) is -3.54. The van der Waals surface area contributed by atoms with Crippen LogP contribution < -0.4 is 25.4 Å².